The summed E-state index contributed by atoms with van der Waals surface area (Å²) in [5.41, 5.74) is 1.39. The van der Waals surface area contributed by atoms with Crippen LogP contribution >= 0.6 is 15.9 Å². The predicted molar refractivity (Wildman–Crippen MR) is 69.9 cm³/mol. The lowest BCUT2D eigenvalue weighted by Gasteiger charge is -2.01. The first-order valence-corrected chi connectivity index (χ1v) is 5.97. The fraction of sp³-hybridized carbons (Fsp3) is 0.0769. The molecule has 18 heavy (non-hydrogen) atoms. The molecule has 0 unspecified atom stereocenters. The van der Waals surface area contributed by atoms with Crippen LogP contribution in [-0.2, 0) is 11.4 Å². The fourth-order valence-electron chi connectivity index (χ4n) is 1.35. The minimum absolute atomic E-state index is 0.252. The van der Waals surface area contributed by atoms with Crippen LogP contribution in [0.25, 0.3) is 0 Å². The van der Waals surface area contributed by atoms with Crippen LogP contribution in [0.4, 0.5) is 0 Å². The smallest absolute Gasteiger partial charge is 0.169 e. The summed E-state index contributed by atoms with van der Waals surface area (Å²) in [5.74, 6) is 0.593. The van der Waals surface area contributed by atoms with Crippen molar-refractivity contribution in [2.75, 3.05) is 0 Å². The van der Waals surface area contributed by atoms with Crippen molar-refractivity contribution in [2.45, 2.75) is 6.61 Å². The van der Waals surface area contributed by atoms with Gasteiger partial charge in [-0.3, -0.25) is 0 Å². The van der Waals surface area contributed by atoms with Gasteiger partial charge in [-0.25, -0.2) is 0 Å². The summed E-state index contributed by atoms with van der Waals surface area (Å²) in [7, 11) is 0. The molecule has 0 aliphatic carbocycles. The highest BCUT2D eigenvalue weighted by atomic mass is 79.9. The maximum atomic E-state index is 8.89. The van der Waals surface area contributed by atoms with Gasteiger partial charge < -0.3 is 9.25 Å². The maximum absolute atomic E-state index is 8.89. The Balaban J connectivity index is 1.93. The van der Waals surface area contributed by atoms with E-state index in [0.717, 1.165) is 5.56 Å². The van der Waals surface area contributed by atoms with Crippen LogP contribution in [0.15, 0.2) is 50.6 Å². The Hall–Kier alpha value is -2.06. The number of nitrogens with zero attached hydrogens (tertiary/aromatic N) is 2. The highest BCUT2D eigenvalue weighted by Crippen LogP contribution is 2.12. The van der Waals surface area contributed by atoms with Crippen molar-refractivity contribution < 1.29 is 9.25 Å². The Morgan fingerprint density at radius 1 is 1.33 bits per heavy atom. The summed E-state index contributed by atoms with van der Waals surface area (Å²) < 4.78 is 5.85. The topological polar surface area (TPSA) is 58.5 Å². The zero-order valence-electron chi connectivity index (χ0n) is 9.34. The molecule has 1 aromatic carbocycles. The average Bonchev–Trinajstić information content (AvgIpc) is 2.81. The molecule has 0 aliphatic rings. The summed E-state index contributed by atoms with van der Waals surface area (Å²) in [4.78, 5) is 5.12. The molecule has 2 aromatic rings. The van der Waals surface area contributed by atoms with E-state index in [4.69, 9.17) is 14.5 Å². The molecule has 0 saturated heterocycles. The molecule has 0 saturated carbocycles. The Morgan fingerprint density at radius 3 is 2.89 bits per heavy atom. The second-order valence-electron chi connectivity index (χ2n) is 3.42. The molecular formula is C13H9BrN2O2. The summed E-state index contributed by atoms with van der Waals surface area (Å²) in [6.07, 6.45) is 1.47. The predicted octanol–water partition coefficient (Wildman–Crippen LogP) is 3.46. The minimum atomic E-state index is 0.252. The van der Waals surface area contributed by atoms with Crippen molar-refractivity contribution in [1.29, 1.82) is 5.26 Å². The zero-order chi connectivity index (χ0) is 12.8. The van der Waals surface area contributed by atoms with Crippen LogP contribution in [0.5, 0.6) is 0 Å². The number of hydrogen-bond donors (Lipinski definition) is 0. The van der Waals surface area contributed by atoms with E-state index in [9.17, 15) is 0 Å². The highest BCUT2D eigenvalue weighted by Gasteiger charge is 2.00. The molecule has 4 nitrogen and oxygen atoms in total. The lowest BCUT2D eigenvalue weighted by atomic mass is 10.1. The molecule has 1 heterocycles. The molecule has 0 amide bonds. The molecule has 0 atom stereocenters. The number of oxime groups is 1. The standard InChI is InChI=1S/C13H9BrN2O2/c14-13-6-5-12(18-13)8-16-17-9-11-4-2-1-3-10(11)7-15/h1-6,8H,9H2/b16-8-. The molecule has 2 rings (SSSR count). The minimum Gasteiger partial charge on any atom is -0.448 e. The Kier molecular flexibility index (Phi) is 4.15. The SMILES string of the molecule is N#Cc1ccccc1CO/N=C\c1ccc(Br)o1. The van der Waals surface area contributed by atoms with E-state index < -0.39 is 0 Å². The molecule has 90 valence electrons. The van der Waals surface area contributed by atoms with Crippen LogP contribution in [0, 0.1) is 11.3 Å². The second kappa shape index (κ2) is 6.03. The molecule has 1 aromatic heterocycles. The van der Waals surface area contributed by atoms with Gasteiger partial charge in [0, 0.05) is 5.56 Å². The van der Waals surface area contributed by atoms with Crippen molar-refractivity contribution in [2.24, 2.45) is 5.16 Å². The summed E-state index contributed by atoms with van der Waals surface area (Å²) in [6.45, 7) is 0.252. The van der Waals surface area contributed by atoms with E-state index in [1.807, 2.05) is 18.2 Å². The maximum Gasteiger partial charge on any atom is 0.169 e. The number of furan rings is 1. The van der Waals surface area contributed by atoms with Gasteiger partial charge >= 0.3 is 0 Å². The van der Waals surface area contributed by atoms with Gasteiger partial charge in [-0.05, 0) is 34.1 Å². The average molecular weight is 305 g/mol. The van der Waals surface area contributed by atoms with E-state index in [2.05, 4.69) is 27.2 Å². The number of benzene rings is 1. The first-order chi connectivity index (χ1) is 8.79. The Bertz CT molecular complexity index is 599. The van der Waals surface area contributed by atoms with Crippen LogP contribution < -0.4 is 0 Å². The van der Waals surface area contributed by atoms with Gasteiger partial charge in [0.2, 0.25) is 0 Å². The Morgan fingerprint density at radius 2 is 2.17 bits per heavy atom. The lowest BCUT2D eigenvalue weighted by Crippen LogP contribution is -1.91. The van der Waals surface area contributed by atoms with E-state index in [1.165, 1.54) is 6.21 Å². The summed E-state index contributed by atoms with van der Waals surface area (Å²) >= 11 is 3.19. The van der Waals surface area contributed by atoms with Crippen molar-refractivity contribution >= 4 is 22.1 Å². The zero-order valence-corrected chi connectivity index (χ0v) is 10.9. The normalized spacial score (nSPS) is 10.4. The first-order valence-electron chi connectivity index (χ1n) is 5.18. The van der Waals surface area contributed by atoms with Gasteiger partial charge in [0.1, 0.15) is 18.6 Å². The van der Waals surface area contributed by atoms with Crippen molar-refractivity contribution in [3.8, 4) is 6.07 Å². The van der Waals surface area contributed by atoms with Crippen LogP contribution in [0.1, 0.15) is 16.9 Å². The third-order valence-corrected chi connectivity index (χ3v) is 2.63. The first kappa shape index (κ1) is 12.4. The van der Waals surface area contributed by atoms with Gasteiger partial charge in [-0.2, -0.15) is 5.26 Å². The van der Waals surface area contributed by atoms with Gasteiger partial charge in [0.05, 0.1) is 11.6 Å². The number of halogens is 1. The van der Waals surface area contributed by atoms with Gasteiger partial charge in [-0.15, -0.1) is 0 Å². The molecule has 0 radical (unpaired) electrons. The van der Waals surface area contributed by atoms with E-state index >= 15 is 0 Å². The van der Waals surface area contributed by atoms with Crippen LogP contribution in [-0.4, -0.2) is 6.21 Å². The summed E-state index contributed by atoms with van der Waals surface area (Å²) in [5, 5.41) is 12.7. The van der Waals surface area contributed by atoms with Crippen LogP contribution in [0.3, 0.4) is 0 Å². The van der Waals surface area contributed by atoms with Gasteiger partial charge in [0.25, 0.3) is 0 Å². The third-order valence-electron chi connectivity index (χ3n) is 2.21. The van der Waals surface area contributed by atoms with Crippen molar-refractivity contribution in [3.05, 3.63) is 58.0 Å². The quantitative estimate of drug-likeness (QED) is 0.642. The van der Waals surface area contributed by atoms with Gasteiger partial charge in [0.15, 0.2) is 4.67 Å². The highest BCUT2D eigenvalue weighted by molar-refractivity contribution is 9.10. The molecular weight excluding hydrogens is 296 g/mol. The lowest BCUT2D eigenvalue weighted by molar-refractivity contribution is 0.131. The number of rotatable bonds is 4. The molecule has 0 aliphatic heterocycles. The summed E-state index contributed by atoms with van der Waals surface area (Å²) in [6, 6.07) is 12.9. The van der Waals surface area contributed by atoms with Gasteiger partial charge in [-0.1, -0.05) is 23.4 Å². The largest absolute Gasteiger partial charge is 0.448 e. The Labute approximate surface area is 113 Å². The third kappa shape index (κ3) is 3.22. The van der Waals surface area contributed by atoms with E-state index in [-0.39, 0.29) is 6.61 Å². The molecule has 5 heteroatoms. The second-order valence-corrected chi connectivity index (χ2v) is 4.20. The number of hydrogen-bond acceptors (Lipinski definition) is 4. The molecule has 0 N–H and O–H groups in total. The number of nitriles is 1. The van der Waals surface area contributed by atoms with E-state index in [1.54, 1.807) is 18.2 Å². The molecule has 0 bridgehead atoms. The van der Waals surface area contributed by atoms with Crippen molar-refractivity contribution in [1.82, 2.24) is 0 Å². The van der Waals surface area contributed by atoms with E-state index in [0.29, 0.717) is 16.0 Å². The molecule has 0 spiro atoms. The van der Waals surface area contributed by atoms with Crippen molar-refractivity contribution in [3.63, 3.8) is 0 Å². The monoisotopic (exact) mass is 304 g/mol. The van der Waals surface area contributed by atoms with Crippen LogP contribution in [0.2, 0.25) is 0 Å². The fourth-order valence-corrected chi connectivity index (χ4v) is 1.67. The molecule has 0 fully saturated rings.